The van der Waals surface area contributed by atoms with Gasteiger partial charge in [-0.25, -0.2) is 8.42 Å². The van der Waals surface area contributed by atoms with Crippen molar-refractivity contribution in [1.82, 2.24) is 0 Å². The Bertz CT molecular complexity index is 513. The number of hydrogen-bond acceptors (Lipinski definition) is 3. The van der Waals surface area contributed by atoms with Gasteiger partial charge in [-0.15, -0.1) is 0 Å². The molecule has 0 aliphatic heterocycles. The quantitative estimate of drug-likeness (QED) is 0.805. The van der Waals surface area contributed by atoms with Crippen LogP contribution in [0.3, 0.4) is 0 Å². The predicted molar refractivity (Wildman–Crippen MR) is 56.0 cm³/mol. The summed E-state index contributed by atoms with van der Waals surface area (Å²) >= 11 is 5.55. The molecule has 0 saturated carbocycles. The zero-order valence-corrected chi connectivity index (χ0v) is 10.3. The van der Waals surface area contributed by atoms with E-state index in [9.17, 15) is 21.6 Å². The van der Waals surface area contributed by atoms with E-state index in [1.54, 1.807) is 0 Å². The van der Waals surface area contributed by atoms with Crippen LogP contribution in [0.25, 0.3) is 0 Å². The van der Waals surface area contributed by atoms with E-state index in [0.717, 1.165) is 18.2 Å². The van der Waals surface area contributed by atoms with Gasteiger partial charge in [0.25, 0.3) is 9.05 Å². The first kappa shape index (κ1) is 14.4. The third-order valence-corrected chi connectivity index (χ3v) is 3.22. The second-order valence-corrected chi connectivity index (χ2v) is 5.91. The minimum Gasteiger partial charge on any atom is -0.483 e. The molecule has 0 bridgehead atoms. The molecule has 96 valence electrons. The van der Waals surface area contributed by atoms with Crippen LogP contribution in [0.15, 0.2) is 23.1 Å². The summed E-state index contributed by atoms with van der Waals surface area (Å²) in [5, 5.41) is -0.268. The van der Waals surface area contributed by atoms with E-state index < -0.39 is 21.8 Å². The molecule has 0 aliphatic carbocycles. The van der Waals surface area contributed by atoms with Gasteiger partial charge in [-0.1, -0.05) is 11.6 Å². The summed E-state index contributed by atoms with van der Waals surface area (Å²) < 4.78 is 61.7. The second-order valence-electron chi connectivity index (χ2n) is 2.93. The number of rotatable bonds is 3. The highest BCUT2D eigenvalue weighted by Crippen LogP contribution is 2.29. The molecular weight excluding hydrogens is 304 g/mol. The third-order valence-electron chi connectivity index (χ3n) is 1.58. The largest absolute Gasteiger partial charge is 0.483 e. The Morgan fingerprint density at radius 2 is 1.88 bits per heavy atom. The molecule has 17 heavy (non-hydrogen) atoms. The standard InChI is InChI=1S/C8H5Cl2F3O3S/c9-6-3-5(17(10,14)15)1-2-7(6)16-4-8(11,12)13/h1-3H,4H2. The molecule has 9 heteroatoms. The van der Waals surface area contributed by atoms with Crippen LogP contribution in [-0.2, 0) is 9.05 Å². The van der Waals surface area contributed by atoms with Gasteiger partial charge >= 0.3 is 6.18 Å². The van der Waals surface area contributed by atoms with Crippen molar-refractivity contribution in [2.75, 3.05) is 6.61 Å². The molecule has 0 N–H and O–H groups in total. The molecule has 0 saturated heterocycles. The lowest BCUT2D eigenvalue weighted by Gasteiger charge is -2.10. The molecular formula is C8H5Cl2F3O3S. The van der Waals surface area contributed by atoms with E-state index in [0.29, 0.717) is 0 Å². The van der Waals surface area contributed by atoms with Crippen molar-refractivity contribution in [1.29, 1.82) is 0 Å². The maximum absolute atomic E-state index is 11.9. The topological polar surface area (TPSA) is 43.4 Å². The van der Waals surface area contributed by atoms with Crippen molar-refractivity contribution >= 4 is 31.3 Å². The lowest BCUT2D eigenvalue weighted by molar-refractivity contribution is -0.153. The molecule has 1 aromatic carbocycles. The summed E-state index contributed by atoms with van der Waals surface area (Å²) in [6.07, 6.45) is -4.50. The van der Waals surface area contributed by atoms with Crippen LogP contribution in [0.4, 0.5) is 13.2 Å². The summed E-state index contributed by atoms with van der Waals surface area (Å²) in [4.78, 5) is -0.316. The molecule has 0 atom stereocenters. The van der Waals surface area contributed by atoms with Gasteiger partial charge < -0.3 is 4.74 Å². The monoisotopic (exact) mass is 308 g/mol. The van der Waals surface area contributed by atoms with E-state index in [2.05, 4.69) is 4.74 Å². The van der Waals surface area contributed by atoms with Crippen LogP contribution in [0.1, 0.15) is 0 Å². The summed E-state index contributed by atoms with van der Waals surface area (Å²) in [7, 11) is 1.05. The van der Waals surface area contributed by atoms with E-state index >= 15 is 0 Å². The fraction of sp³-hybridized carbons (Fsp3) is 0.250. The van der Waals surface area contributed by atoms with Crippen LogP contribution in [0.5, 0.6) is 5.75 Å². The third kappa shape index (κ3) is 4.61. The summed E-state index contributed by atoms with van der Waals surface area (Å²) in [6.45, 7) is -1.51. The highest BCUT2D eigenvalue weighted by Gasteiger charge is 2.28. The minimum absolute atomic E-state index is 0.268. The highest BCUT2D eigenvalue weighted by atomic mass is 35.7. The first-order chi connectivity index (χ1) is 7.59. The van der Waals surface area contributed by atoms with Crippen LogP contribution >= 0.6 is 22.3 Å². The molecule has 0 aliphatic rings. The number of ether oxygens (including phenoxy) is 1. The molecule has 0 heterocycles. The van der Waals surface area contributed by atoms with Crippen molar-refractivity contribution in [3.63, 3.8) is 0 Å². The van der Waals surface area contributed by atoms with E-state index in [1.807, 2.05) is 0 Å². The average Bonchev–Trinajstić information content (AvgIpc) is 2.12. The number of alkyl halides is 3. The molecule has 1 rings (SSSR count). The Balaban J connectivity index is 2.92. The minimum atomic E-state index is -4.50. The van der Waals surface area contributed by atoms with Crippen LogP contribution in [0, 0.1) is 0 Å². The molecule has 3 nitrogen and oxygen atoms in total. The van der Waals surface area contributed by atoms with E-state index in [-0.39, 0.29) is 15.7 Å². The van der Waals surface area contributed by atoms with Gasteiger partial charge in [-0.05, 0) is 18.2 Å². The summed E-state index contributed by atoms with van der Waals surface area (Å²) in [6, 6.07) is 2.92. The van der Waals surface area contributed by atoms with Crippen molar-refractivity contribution in [2.45, 2.75) is 11.1 Å². The molecule has 0 unspecified atom stereocenters. The molecule has 0 spiro atoms. The maximum atomic E-state index is 11.9. The van der Waals surface area contributed by atoms with Gasteiger partial charge in [0.05, 0.1) is 9.92 Å². The Morgan fingerprint density at radius 3 is 2.29 bits per heavy atom. The number of benzene rings is 1. The van der Waals surface area contributed by atoms with E-state index in [4.69, 9.17) is 22.3 Å². The predicted octanol–water partition coefficient (Wildman–Crippen LogP) is 3.21. The van der Waals surface area contributed by atoms with Crippen LogP contribution < -0.4 is 4.74 Å². The molecule has 0 fully saturated rings. The van der Waals surface area contributed by atoms with Gasteiger partial charge in [0.15, 0.2) is 6.61 Å². The van der Waals surface area contributed by atoms with Gasteiger partial charge in [0.1, 0.15) is 5.75 Å². The van der Waals surface area contributed by atoms with Crippen molar-refractivity contribution in [3.8, 4) is 5.75 Å². The molecule has 0 aromatic heterocycles. The van der Waals surface area contributed by atoms with Crippen molar-refractivity contribution in [3.05, 3.63) is 23.2 Å². The van der Waals surface area contributed by atoms with Gasteiger partial charge in [-0.3, -0.25) is 0 Å². The zero-order valence-electron chi connectivity index (χ0n) is 7.96. The number of hydrogen-bond donors (Lipinski definition) is 0. The second kappa shape index (κ2) is 4.91. The van der Waals surface area contributed by atoms with Gasteiger partial charge in [0, 0.05) is 10.7 Å². The first-order valence-electron chi connectivity index (χ1n) is 4.03. The van der Waals surface area contributed by atoms with Gasteiger partial charge in [0.2, 0.25) is 0 Å². The van der Waals surface area contributed by atoms with E-state index in [1.165, 1.54) is 0 Å². The first-order valence-corrected chi connectivity index (χ1v) is 6.72. The van der Waals surface area contributed by atoms with Crippen LogP contribution in [-0.4, -0.2) is 21.2 Å². The van der Waals surface area contributed by atoms with Crippen molar-refractivity contribution in [2.24, 2.45) is 0 Å². The van der Waals surface area contributed by atoms with Gasteiger partial charge in [-0.2, -0.15) is 13.2 Å². The average molecular weight is 309 g/mol. The Morgan fingerprint density at radius 1 is 1.29 bits per heavy atom. The summed E-state index contributed by atoms with van der Waals surface area (Å²) in [5.41, 5.74) is 0. The smallest absolute Gasteiger partial charge is 0.422 e. The molecule has 0 amide bonds. The summed E-state index contributed by atoms with van der Waals surface area (Å²) in [5.74, 6) is -0.270. The Labute approximate surface area is 105 Å². The SMILES string of the molecule is O=S(=O)(Cl)c1ccc(OCC(F)(F)F)c(Cl)c1. The fourth-order valence-electron chi connectivity index (χ4n) is 0.910. The molecule has 0 radical (unpaired) electrons. The Hall–Kier alpha value is -0.660. The highest BCUT2D eigenvalue weighted by molar-refractivity contribution is 8.13. The van der Waals surface area contributed by atoms with Crippen LogP contribution in [0.2, 0.25) is 5.02 Å². The number of halogens is 5. The normalized spacial score (nSPS) is 12.5. The fourth-order valence-corrected chi connectivity index (χ4v) is 1.99. The zero-order chi connectivity index (χ0) is 13.3. The maximum Gasteiger partial charge on any atom is 0.422 e. The lowest BCUT2D eigenvalue weighted by atomic mass is 10.3. The Kier molecular flexibility index (Phi) is 4.16. The lowest BCUT2D eigenvalue weighted by Crippen LogP contribution is -2.19. The molecule has 1 aromatic rings. The van der Waals surface area contributed by atoms with Crippen molar-refractivity contribution < 1.29 is 26.3 Å².